The van der Waals surface area contributed by atoms with Crippen LogP contribution < -0.4 is 5.32 Å². The van der Waals surface area contributed by atoms with Crippen LogP contribution in [-0.2, 0) is 10.2 Å². The molecule has 5 heteroatoms. The summed E-state index contributed by atoms with van der Waals surface area (Å²) in [5.74, 6) is -0.306. The summed E-state index contributed by atoms with van der Waals surface area (Å²) in [6.45, 7) is 0. The smallest absolute Gasteiger partial charge is 0.235 e. The van der Waals surface area contributed by atoms with E-state index in [1.165, 1.54) is 12.1 Å². The molecule has 0 unspecified atom stereocenters. The van der Waals surface area contributed by atoms with Crippen molar-refractivity contribution in [2.24, 2.45) is 0 Å². The first-order valence-corrected chi connectivity index (χ1v) is 8.94. The zero-order valence-electron chi connectivity index (χ0n) is 13.0. The number of carbonyl (C=O) groups excluding carboxylic acids is 1. The van der Waals surface area contributed by atoms with Gasteiger partial charge >= 0.3 is 0 Å². The maximum atomic E-state index is 13.2. The van der Waals surface area contributed by atoms with Crippen LogP contribution in [0.3, 0.4) is 0 Å². The van der Waals surface area contributed by atoms with E-state index in [9.17, 15) is 9.18 Å². The highest BCUT2D eigenvalue weighted by molar-refractivity contribution is 7.98. The number of pyridine rings is 1. The van der Waals surface area contributed by atoms with Crippen LogP contribution in [0.2, 0.25) is 0 Å². The Balaban J connectivity index is 1.85. The highest BCUT2D eigenvalue weighted by atomic mass is 32.2. The van der Waals surface area contributed by atoms with E-state index in [2.05, 4.69) is 10.3 Å². The summed E-state index contributed by atoms with van der Waals surface area (Å²) < 4.78 is 13.2. The molecule has 0 aliphatic heterocycles. The first kappa shape index (κ1) is 16.0. The number of hydrogen-bond acceptors (Lipinski definition) is 3. The van der Waals surface area contributed by atoms with Gasteiger partial charge in [0.25, 0.3) is 0 Å². The predicted molar refractivity (Wildman–Crippen MR) is 91.2 cm³/mol. The van der Waals surface area contributed by atoms with E-state index in [4.69, 9.17) is 0 Å². The molecule has 2 aromatic rings. The Morgan fingerprint density at radius 2 is 1.87 bits per heavy atom. The molecule has 1 aliphatic rings. The molecule has 0 atom stereocenters. The van der Waals surface area contributed by atoms with Gasteiger partial charge in [0.05, 0.1) is 22.3 Å². The molecule has 1 heterocycles. The fourth-order valence-corrected chi connectivity index (χ4v) is 3.58. The van der Waals surface area contributed by atoms with Crippen LogP contribution in [0.4, 0.5) is 10.1 Å². The van der Waals surface area contributed by atoms with Crippen molar-refractivity contribution in [3.8, 4) is 0 Å². The lowest BCUT2D eigenvalue weighted by Gasteiger charge is -2.28. The average Bonchev–Trinajstić information content (AvgIpc) is 3.07. The number of amides is 1. The lowest BCUT2D eigenvalue weighted by molar-refractivity contribution is -0.121. The highest BCUT2D eigenvalue weighted by Gasteiger charge is 2.42. The van der Waals surface area contributed by atoms with Crippen molar-refractivity contribution in [2.75, 3.05) is 11.6 Å². The maximum Gasteiger partial charge on any atom is 0.235 e. The molecule has 1 saturated carbocycles. The summed E-state index contributed by atoms with van der Waals surface area (Å²) in [5.41, 5.74) is 1.02. The summed E-state index contributed by atoms with van der Waals surface area (Å²) in [5, 5.41) is 3.90. The van der Waals surface area contributed by atoms with E-state index in [1.54, 1.807) is 30.1 Å². The van der Waals surface area contributed by atoms with Crippen molar-refractivity contribution in [1.82, 2.24) is 4.98 Å². The van der Waals surface area contributed by atoms with Gasteiger partial charge < -0.3 is 5.32 Å². The van der Waals surface area contributed by atoms with Crippen molar-refractivity contribution in [3.05, 3.63) is 54.0 Å². The number of halogens is 1. The van der Waals surface area contributed by atoms with Gasteiger partial charge in [-0.25, -0.2) is 9.37 Å². The van der Waals surface area contributed by atoms with Gasteiger partial charge in [0.1, 0.15) is 5.82 Å². The number of thioether (sulfide) groups is 1. The molecule has 0 saturated heterocycles. The van der Waals surface area contributed by atoms with Crippen LogP contribution >= 0.6 is 11.8 Å². The Labute approximate surface area is 139 Å². The molecule has 1 aromatic carbocycles. The van der Waals surface area contributed by atoms with E-state index in [1.807, 2.05) is 18.4 Å². The predicted octanol–water partition coefficient (Wildman–Crippen LogP) is 4.39. The standard InChI is InChI=1S/C18H19FN2OS/c1-23-16-9-8-15(12-20-16)21-17(22)18(10-2-3-11-18)13-4-6-14(19)7-5-13/h4-9,12H,2-3,10-11H2,1H3,(H,21,22). The molecule has 3 nitrogen and oxygen atoms in total. The van der Waals surface area contributed by atoms with Crippen molar-refractivity contribution in [1.29, 1.82) is 0 Å². The molecule has 1 amide bonds. The normalized spacial score (nSPS) is 16.3. The fourth-order valence-electron chi connectivity index (χ4n) is 3.22. The lowest BCUT2D eigenvalue weighted by Crippen LogP contribution is -2.38. The summed E-state index contributed by atoms with van der Waals surface area (Å²) in [7, 11) is 0. The minimum atomic E-state index is -0.564. The zero-order chi connectivity index (χ0) is 16.3. The molecule has 1 aliphatic carbocycles. The van der Waals surface area contributed by atoms with Gasteiger partial charge in [0.2, 0.25) is 5.91 Å². The Bertz CT molecular complexity index is 679. The summed E-state index contributed by atoms with van der Waals surface area (Å²) in [6, 6.07) is 10.1. The van der Waals surface area contributed by atoms with E-state index in [0.717, 1.165) is 36.3 Å². The van der Waals surface area contributed by atoms with Gasteiger partial charge in [0, 0.05) is 0 Å². The second-order valence-corrected chi connectivity index (χ2v) is 6.67. The Hall–Kier alpha value is -1.88. The number of hydrogen-bond donors (Lipinski definition) is 1. The molecule has 0 bridgehead atoms. The molecular weight excluding hydrogens is 311 g/mol. The Morgan fingerprint density at radius 1 is 1.17 bits per heavy atom. The minimum Gasteiger partial charge on any atom is -0.324 e. The molecule has 120 valence electrons. The number of nitrogens with zero attached hydrogens (tertiary/aromatic N) is 1. The second kappa shape index (κ2) is 6.71. The zero-order valence-corrected chi connectivity index (χ0v) is 13.8. The summed E-state index contributed by atoms with van der Waals surface area (Å²) in [6.07, 6.45) is 7.24. The molecule has 0 spiro atoms. The molecule has 1 aromatic heterocycles. The van der Waals surface area contributed by atoms with Gasteiger partial charge in [-0.1, -0.05) is 25.0 Å². The first-order chi connectivity index (χ1) is 11.1. The molecule has 0 radical (unpaired) electrons. The number of aromatic nitrogens is 1. The lowest BCUT2D eigenvalue weighted by atomic mass is 9.78. The molecule has 3 rings (SSSR count). The Kier molecular flexibility index (Phi) is 4.66. The fraction of sp³-hybridized carbons (Fsp3) is 0.333. The van der Waals surface area contributed by atoms with E-state index in [0.29, 0.717) is 5.69 Å². The van der Waals surface area contributed by atoms with Gasteiger partial charge in [0.15, 0.2) is 0 Å². The molecule has 1 N–H and O–H groups in total. The number of nitrogens with one attached hydrogen (secondary N) is 1. The highest BCUT2D eigenvalue weighted by Crippen LogP contribution is 2.42. The SMILES string of the molecule is CSc1ccc(NC(=O)C2(c3ccc(F)cc3)CCCC2)cn1. The monoisotopic (exact) mass is 330 g/mol. The van der Waals surface area contributed by atoms with Crippen LogP contribution in [0, 0.1) is 5.82 Å². The van der Waals surface area contributed by atoms with Gasteiger partial charge in [-0.05, 0) is 48.9 Å². The third kappa shape index (κ3) is 3.24. The van der Waals surface area contributed by atoms with Gasteiger partial charge in [-0.15, -0.1) is 11.8 Å². The number of carbonyl (C=O) groups is 1. The molecule has 1 fully saturated rings. The van der Waals surface area contributed by atoms with Crippen molar-refractivity contribution < 1.29 is 9.18 Å². The first-order valence-electron chi connectivity index (χ1n) is 7.72. The summed E-state index contributed by atoms with van der Waals surface area (Å²) >= 11 is 1.56. The van der Waals surface area contributed by atoms with Crippen LogP contribution in [0.15, 0.2) is 47.6 Å². The van der Waals surface area contributed by atoms with Crippen LogP contribution in [-0.4, -0.2) is 17.1 Å². The van der Waals surface area contributed by atoms with Crippen molar-refractivity contribution >= 4 is 23.4 Å². The number of benzene rings is 1. The largest absolute Gasteiger partial charge is 0.324 e. The van der Waals surface area contributed by atoms with Gasteiger partial charge in [-0.3, -0.25) is 4.79 Å². The second-order valence-electron chi connectivity index (χ2n) is 5.84. The van der Waals surface area contributed by atoms with Crippen molar-refractivity contribution in [2.45, 2.75) is 36.1 Å². The van der Waals surface area contributed by atoms with Crippen LogP contribution in [0.5, 0.6) is 0 Å². The van der Waals surface area contributed by atoms with Crippen molar-refractivity contribution in [3.63, 3.8) is 0 Å². The van der Waals surface area contributed by atoms with Crippen LogP contribution in [0.1, 0.15) is 31.2 Å². The quantitative estimate of drug-likeness (QED) is 0.845. The molecule has 23 heavy (non-hydrogen) atoms. The summed E-state index contributed by atoms with van der Waals surface area (Å²) in [4.78, 5) is 17.2. The van der Waals surface area contributed by atoms with E-state index in [-0.39, 0.29) is 11.7 Å². The van der Waals surface area contributed by atoms with Crippen LogP contribution in [0.25, 0.3) is 0 Å². The maximum absolute atomic E-state index is 13.2. The molecular formula is C18H19FN2OS. The topological polar surface area (TPSA) is 42.0 Å². The average molecular weight is 330 g/mol. The third-order valence-corrected chi connectivity index (χ3v) is 5.15. The number of rotatable bonds is 4. The number of anilines is 1. The van der Waals surface area contributed by atoms with Gasteiger partial charge in [-0.2, -0.15) is 0 Å². The Morgan fingerprint density at radius 3 is 2.43 bits per heavy atom. The third-order valence-electron chi connectivity index (χ3n) is 4.49. The van der Waals surface area contributed by atoms with E-state index >= 15 is 0 Å². The van der Waals surface area contributed by atoms with E-state index < -0.39 is 5.41 Å². The minimum absolute atomic E-state index is 0.0275.